The van der Waals surface area contributed by atoms with Crippen LogP contribution in [0.3, 0.4) is 0 Å². The van der Waals surface area contributed by atoms with Gasteiger partial charge in [0.25, 0.3) is 5.56 Å². The number of H-pyrrole nitrogens is 2. The van der Waals surface area contributed by atoms with Crippen LogP contribution >= 0.6 is 12.2 Å². The van der Waals surface area contributed by atoms with Gasteiger partial charge >= 0.3 is 0 Å². The first-order valence-electron chi connectivity index (χ1n) is 9.03. The van der Waals surface area contributed by atoms with E-state index in [1.807, 2.05) is 30.3 Å². The molecular weight excluding hydrogens is 354 g/mol. The largest absolute Gasteiger partial charge is 0.341 e. The number of anilines is 1. The van der Waals surface area contributed by atoms with E-state index in [0.29, 0.717) is 22.1 Å². The van der Waals surface area contributed by atoms with Crippen molar-refractivity contribution in [3.05, 3.63) is 98.1 Å². The van der Waals surface area contributed by atoms with Crippen molar-refractivity contribution < 1.29 is 0 Å². The number of allylic oxidation sites excluding steroid dienone is 1. The number of hydrogen-bond donors (Lipinski definition) is 3. The maximum absolute atomic E-state index is 12.7. The zero-order valence-corrected chi connectivity index (χ0v) is 16.1. The molecule has 1 unspecified atom stereocenters. The summed E-state index contributed by atoms with van der Waals surface area (Å²) in [4.78, 5) is 18.5. The molecule has 0 amide bonds. The Bertz CT molecular complexity index is 1110. The molecule has 1 aliphatic rings. The molecule has 4 rings (SSSR count). The van der Waals surface area contributed by atoms with Crippen molar-refractivity contribution in [1.29, 1.82) is 0 Å². The van der Waals surface area contributed by atoms with E-state index in [1.54, 1.807) is 0 Å². The van der Waals surface area contributed by atoms with Gasteiger partial charge in [-0.3, -0.25) is 9.78 Å². The van der Waals surface area contributed by atoms with Crippen LogP contribution in [-0.2, 0) is 0 Å². The highest BCUT2D eigenvalue weighted by molar-refractivity contribution is 7.71. The first kappa shape index (κ1) is 17.5. The van der Waals surface area contributed by atoms with Gasteiger partial charge in [-0.1, -0.05) is 68.4 Å². The third kappa shape index (κ3) is 3.38. The lowest BCUT2D eigenvalue weighted by atomic mass is 9.87. The molecule has 3 N–H and O–H groups in total. The summed E-state index contributed by atoms with van der Waals surface area (Å²) < 4.78 is 0.314. The number of rotatable bonds is 3. The number of fused-ring (bicyclic) bond motifs is 1. The fourth-order valence-corrected chi connectivity index (χ4v) is 3.65. The molecule has 136 valence electrons. The average molecular weight is 375 g/mol. The maximum atomic E-state index is 12.7. The quantitative estimate of drug-likeness (QED) is 0.555. The lowest BCUT2D eigenvalue weighted by Crippen LogP contribution is -2.24. The lowest BCUT2D eigenvalue weighted by molar-refractivity contribution is 0.862. The van der Waals surface area contributed by atoms with Crippen LogP contribution in [-0.4, -0.2) is 9.97 Å². The van der Waals surface area contributed by atoms with Crippen molar-refractivity contribution in [2.45, 2.75) is 25.7 Å². The molecule has 1 aromatic heterocycles. The van der Waals surface area contributed by atoms with Gasteiger partial charge in [0.2, 0.25) is 0 Å². The zero-order chi connectivity index (χ0) is 19.0. The van der Waals surface area contributed by atoms with Crippen molar-refractivity contribution in [3.8, 4) is 0 Å². The summed E-state index contributed by atoms with van der Waals surface area (Å²) in [5.41, 5.74) is 4.86. The Hall–Kier alpha value is -2.92. The predicted molar refractivity (Wildman–Crippen MR) is 113 cm³/mol. The fraction of sp³-hybridized carbons (Fsp3) is 0.182. The molecule has 0 spiro atoms. The van der Waals surface area contributed by atoms with Crippen LogP contribution in [0, 0.1) is 4.77 Å². The summed E-state index contributed by atoms with van der Waals surface area (Å²) in [5.74, 6) is 0.964. The van der Waals surface area contributed by atoms with Crippen molar-refractivity contribution in [2.24, 2.45) is 0 Å². The van der Waals surface area contributed by atoms with Crippen LogP contribution in [0.2, 0.25) is 0 Å². The number of hydrogen-bond acceptors (Lipinski definition) is 3. The number of benzene rings is 2. The van der Waals surface area contributed by atoms with E-state index in [-0.39, 0.29) is 11.5 Å². The Kier molecular flexibility index (Phi) is 4.54. The highest BCUT2D eigenvalue weighted by Crippen LogP contribution is 2.36. The van der Waals surface area contributed by atoms with E-state index in [4.69, 9.17) is 12.2 Å². The molecule has 4 nitrogen and oxygen atoms in total. The standard InChI is InChI=1S/C22H21N3OS/c1-13(2)14-8-10-15(11-9-14)17-12-18(16-6-4-3-5-7-16)23-20-19(17)21(26)25-22(27)24-20/h3-13,17H,1-2H3,(H3,23,24,25,26,27). The Balaban J connectivity index is 1.88. The van der Waals surface area contributed by atoms with Gasteiger partial charge in [0.05, 0.1) is 5.56 Å². The van der Waals surface area contributed by atoms with Gasteiger partial charge in [-0.25, -0.2) is 0 Å². The Labute approximate surface area is 163 Å². The Morgan fingerprint density at radius 3 is 2.33 bits per heavy atom. The molecule has 1 aliphatic heterocycles. The van der Waals surface area contributed by atoms with Crippen molar-refractivity contribution in [2.75, 3.05) is 5.32 Å². The molecule has 2 heterocycles. The third-order valence-electron chi connectivity index (χ3n) is 4.93. The molecule has 0 aliphatic carbocycles. The Morgan fingerprint density at radius 2 is 1.67 bits per heavy atom. The fourth-order valence-electron chi connectivity index (χ4n) is 3.45. The monoisotopic (exact) mass is 375 g/mol. The zero-order valence-electron chi connectivity index (χ0n) is 15.2. The van der Waals surface area contributed by atoms with Crippen molar-refractivity contribution >= 4 is 23.7 Å². The molecule has 3 aromatic rings. The van der Waals surface area contributed by atoms with Crippen LogP contribution in [0.25, 0.3) is 5.70 Å². The second-order valence-electron chi connectivity index (χ2n) is 7.07. The normalized spacial score (nSPS) is 15.8. The van der Waals surface area contributed by atoms with Gasteiger partial charge in [-0.2, -0.15) is 0 Å². The van der Waals surface area contributed by atoms with Gasteiger partial charge in [0.15, 0.2) is 4.77 Å². The highest BCUT2D eigenvalue weighted by Gasteiger charge is 2.26. The first-order valence-corrected chi connectivity index (χ1v) is 9.44. The maximum Gasteiger partial charge on any atom is 0.257 e. The van der Waals surface area contributed by atoms with Gasteiger partial charge in [-0.05, 0) is 40.9 Å². The second kappa shape index (κ2) is 7.00. The second-order valence-corrected chi connectivity index (χ2v) is 7.48. The molecule has 0 bridgehead atoms. The van der Waals surface area contributed by atoms with Crippen molar-refractivity contribution in [3.63, 3.8) is 0 Å². The molecule has 0 fully saturated rings. The van der Waals surface area contributed by atoms with E-state index in [9.17, 15) is 4.79 Å². The van der Waals surface area contributed by atoms with Crippen LogP contribution in [0.15, 0.2) is 65.5 Å². The molecule has 0 radical (unpaired) electrons. The summed E-state index contributed by atoms with van der Waals surface area (Å²) in [7, 11) is 0. The van der Waals surface area contributed by atoms with E-state index in [0.717, 1.165) is 16.8 Å². The first-order chi connectivity index (χ1) is 13.0. The molecular formula is C22H21N3OS. The van der Waals surface area contributed by atoms with E-state index >= 15 is 0 Å². The molecule has 27 heavy (non-hydrogen) atoms. The lowest BCUT2D eigenvalue weighted by Gasteiger charge is -2.25. The predicted octanol–water partition coefficient (Wildman–Crippen LogP) is 5.15. The van der Waals surface area contributed by atoms with Gasteiger partial charge in [0, 0.05) is 11.6 Å². The number of nitrogens with one attached hydrogen (secondary N) is 3. The summed E-state index contributed by atoms with van der Waals surface area (Å²) >= 11 is 5.17. The molecule has 0 saturated heterocycles. The minimum absolute atomic E-state index is 0.159. The SMILES string of the molecule is CC(C)c1ccc(C2C=C(c3ccccc3)Nc3[nH]c(=S)[nH]c(=O)c32)cc1. The van der Waals surface area contributed by atoms with Gasteiger partial charge in [0.1, 0.15) is 5.82 Å². The van der Waals surface area contributed by atoms with E-state index < -0.39 is 0 Å². The molecule has 1 atom stereocenters. The van der Waals surface area contributed by atoms with E-state index in [2.05, 4.69) is 59.5 Å². The third-order valence-corrected chi connectivity index (χ3v) is 5.13. The Morgan fingerprint density at radius 1 is 0.963 bits per heavy atom. The van der Waals surface area contributed by atoms with Crippen LogP contribution in [0.1, 0.15) is 47.9 Å². The average Bonchev–Trinajstić information content (AvgIpc) is 2.67. The topological polar surface area (TPSA) is 60.7 Å². The highest BCUT2D eigenvalue weighted by atomic mass is 32.1. The van der Waals surface area contributed by atoms with Crippen LogP contribution in [0.4, 0.5) is 5.82 Å². The minimum Gasteiger partial charge on any atom is -0.341 e. The smallest absolute Gasteiger partial charge is 0.257 e. The van der Waals surface area contributed by atoms with Gasteiger partial charge in [-0.15, -0.1) is 0 Å². The van der Waals surface area contributed by atoms with Crippen LogP contribution in [0.5, 0.6) is 0 Å². The summed E-state index contributed by atoms with van der Waals surface area (Å²) in [5, 5.41) is 3.34. The van der Waals surface area contributed by atoms with Crippen LogP contribution < -0.4 is 10.9 Å². The van der Waals surface area contributed by atoms with Crippen molar-refractivity contribution in [1.82, 2.24) is 9.97 Å². The minimum atomic E-state index is -0.164. The number of aromatic nitrogens is 2. The molecule has 0 saturated carbocycles. The summed E-state index contributed by atoms with van der Waals surface area (Å²) in [6.45, 7) is 4.35. The summed E-state index contributed by atoms with van der Waals surface area (Å²) in [6, 6.07) is 18.6. The molecule has 2 aromatic carbocycles. The summed E-state index contributed by atoms with van der Waals surface area (Å²) in [6.07, 6.45) is 2.11. The van der Waals surface area contributed by atoms with E-state index in [1.165, 1.54) is 5.56 Å². The number of aromatic amines is 2. The molecule has 5 heteroatoms. The van der Waals surface area contributed by atoms with Gasteiger partial charge < -0.3 is 10.3 Å².